The fraction of sp³-hybridized carbons (Fsp3) is 0.929. The average molecular weight is 283 g/mol. The van der Waals surface area contributed by atoms with Crippen molar-refractivity contribution in [3.8, 4) is 6.07 Å². The average Bonchev–Trinajstić information content (AvgIpc) is 2.25. The first-order valence-corrected chi connectivity index (χ1v) is 8.76. The summed E-state index contributed by atoms with van der Waals surface area (Å²) in [6.07, 6.45) is 8.79. The molecule has 5 heteroatoms. The highest BCUT2D eigenvalue weighted by molar-refractivity contribution is 7.86. The van der Waals surface area contributed by atoms with Crippen LogP contribution in [-0.2, 0) is 10.1 Å². The molecule has 4 saturated carbocycles. The van der Waals surface area contributed by atoms with Crippen molar-refractivity contribution in [1.29, 1.82) is 5.26 Å². The van der Waals surface area contributed by atoms with Crippen molar-refractivity contribution in [3.63, 3.8) is 0 Å². The maximum atomic E-state index is 11.1. The summed E-state index contributed by atoms with van der Waals surface area (Å²) in [4.78, 5) is 0. The Morgan fingerprint density at radius 2 is 1.63 bits per heavy atom. The Labute approximate surface area is 114 Å². The highest BCUT2D eigenvalue weighted by Gasteiger charge is 2.50. The lowest BCUT2D eigenvalue weighted by molar-refractivity contribution is -0.0578. The molecule has 0 aromatic carbocycles. The van der Waals surface area contributed by atoms with Crippen LogP contribution in [0.1, 0.15) is 51.4 Å². The minimum Gasteiger partial charge on any atom is -0.285 e. The smallest absolute Gasteiger partial charge is 0.281 e. The first kappa shape index (κ1) is 13.4. The molecule has 4 aliphatic rings. The van der Waals surface area contributed by atoms with Crippen molar-refractivity contribution in [2.24, 2.45) is 23.2 Å². The van der Waals surface area contributed by atoms with Gasteiger partial charge in [0.15, 0.2) is 5.25 Å². The molecule has 0 spiro atoms. The monoisotopic (exact) mass is 283 g/mol. The van der Waals surface area contributed by atoms with Crippen molar-refractivity contribution >= 4 is 10.1 Å². The van der Waals surface area contributed by atoms with Crippen LogP contribution in [0, 0.1) is 34.5 Å². The van der Waals surface area contributed by atoms with Gasteiger partial charge in [0.05, 0.1) is 6.07 Å². The molecule has 0 radical (unpaired) electrons. The molecule has 4 fully saturated rings. The molecule has 106 valence electrons. The molecular weight excluding hydrogens is 262 g/mol. The van der Waals surface area contributed by atoms with E-state index >= 15 is 0 Å². The van der Waals surface area contributed by atoms with Gasteiger partial charge in [0.25, 0.3) is 10.1 Å². The summed E-state index contributed by atoms with van der Waals surface area (Å²) < 4.78 is 31.3. The number of hydrogen-bond donors (Lipinski definition) is 1. The zero-order chi connectivity index (χ0) is 13.7. The normalized spacial score (nSPS) is 42.0. The van der Waals surface area contributed by atoms with E-state index in [0.29, 0.717) is 6.42 Å². The van der Waals surface area contributed by atoms with Gasteiger partial charge in [0.1, 0.15) is 0 Å². The lowest BCUT2D eigenvalue weighted by Gasteiger charge is -2.57. The maximum Gasteiger partial charge on any atom is 0.281 e. The van der Waals surface area contributed by atoms with Crippen LogP contribution in [0.25, 0.3) is 0 Å². The molecule has 0 aliphatic heterocycles. The van der Waals surface area contributed by atoms with Gasteiger partial charge in [0.2, 0.25) is 0 Å². The fourth-order valence-corrected chi connectivity index (χ4v) is 5.86. The molecule has 4 bridgehead atoms. The van der Waals surface area contributed by atoms with E-state index in [-0.39, 0.29) is 5.41 Å². The standard InChI is InChI=1S/C14H21NO3S/c15-9-13(19(16,17)18)1-2-14-6-10-3-11(7-14)5-12(4-10)8-14/h10-13H,1-8H2,(H,16,17,18). The molecule has 0 aromatic heterocycles. The second-order valence-corrected chi connectivity index (χ2v) is 8.69. The van der Waals surface area contributed by atoms with Crippen LogP contribution in [0.4, 0.5) is 0 Å². The summed E-state index contributed by atoms with van der Waals surface area (Å²) in [7, 11) is -4.21. The Hall–Kier alpha value is -0.600. The van der Waals surface area contributed by atoms with Crippen molar-refractivity contribution in [3.05, 3.63) is 0 Å². The van der Waals surface area contributed by atoms with E-state index in [2.05, 4.69) is 0 Å². The maximum absolute atomic E-state index is 11.1. The first-order chi connectivity index (χ1) is 8.90. The van der Waals surface area contributed by atoms with Gasteiger partial charge in [-0.25, -0.2) is 0 Å². The van der Waals surface area contributed by atoms with Crippen LogP contribution < -0.4 is 0 Å². The topological polar surface area (TPSA) is 78.2 Å². The van der Waals surface area contributed by atoms with Crippen molar-refractivity contribution in [2.45, 2.75) is 56.6 Å². The summed E-state index contributed by atoms with van der Waals surface area (Å²) in [6.45, 7) is 0. The quantitative estimate of drug-likeness (QED) is 0.805. The van der Waals surface area contributed by atoms with Gasteiger partial charge in [-0.2, -0.15) is 13.7 Å². The summed E-state index contributed by atoms with van der Waals surface area (Å²) in [5.74, 6) is 2.49. The van der Waals surface area contributed by atoms with Crippen LogP contribution in [0.2, 0.25) is 0 Å². The third-order valence-corrected chi connectivity index (χ3v) is 6.67. The highest BCUT2D eigenvalue weighted by Crippen LogP contribution is 2.61. The summed E-state index contributed by atoms with van der Waals surface area (Å²) in [5, 5.41) is 7.65. The number of nitriles is 1. The van der Waals surface area contributed by atoms with E-state index < -0.39 is 15.4 Å². The van der Waals surface area contributed by atoms with Crippen LogP contribution >= 0.6 is 0 Å². The van der Waals surface area contributed by atoms with Crippen LogP contribution in [0.15, 0.2) is 0 Å². The van der Waals surface area contributed by atoms with Crippen molar-refractivity contribution in [1.82, 2.24) is 0 Å². The van der Waals surface area contributed by atoms with Crippen LogP contribution in [0.5, 0.6) is 0 Å². The second-order valence-electron chi connectivity index (χ2n) is 7.09. The zero-order valence-electron chi connectivity index (χ0n) is 11.1. The molecule has 1 N–H and O–H groups in total. The molecule has 19 heavy (non-hydrogen) atoms. The Kier molecular flexibility index (Phi) is 3.14. The van der Waals surface area contributed by atoms with E-state index in [4.69, 9.17) is 9.81 Å². The third kappa shape index (κ3) is 2.53. The largest absolute Gasteiger partial charge is 0.285 e. The highest BCUT2D eigenvalue weighted by atomic mass is 32.2. The van der Waals surface area contributed by atoms with Crippen molar-refractivity contribution in [2.75, 3.05) is 0 Å². The summed E-state index contributed by atoms with van der Waals surface area (Å²) in [5.41, 5.74) is 0.272. The second kappa shape index (κ2) is 4.46. The number of hydrogen-bond acceptors (Lipinski definition) is 3. The van der Waals surface area contributed by atoms with E-state index in [1.807, 2.05) is 0 Å². The lowest BCUT2D eigenvalue weighted by Crippen LogP contribution is -2.46. The van der Waals surface area contributed by atoms with E-state index in [9.17, 15) is 8.42 Å². The SMILES string of the molecule is N#CC(CCC12CC3CC(CC(C3)C1)C2)S(=O)(=O)O. The van der Waals surface area contributed by atoms with E-state index in [1.165, 1.54) is 38.5 Å². The number of rotatable bonds is 4. The molecule has 1 atom stereocenters. The molecule has 0 saturated heterocycles. The molecular formula is C14H21NO3S. The van der Waals surface area contributed by atoms with Gasteiger partial charge < -0.3 is 0 Å². The Morgan fingerprint density at radius 3 is 2.00 bits per heavy atom. The van der Waals surface area contributed by atoms with Crippen molar-refractivity contribution < 1.29 is 13.0 Å². The summed E-state index contributed by atoms with van der Waals surface area (Å²) >= 11 is 0. The predicted molar refractivity (Wildman–Crippen MR) is 70.8 cm³/mol. The molecule has 0 heterocycles. The molecule has 4 aliphatic carbocycles. The number of nitrogens with zero attached hydrogens (tertiary/aromatic N) is 1. The molecule has 0 amide bonds. The fourth-order valence-electron chi connectivity index (χ4n) is 5.31. The van der Waals surface area contributed by atoms with Gasteiger partial charge in [-0.1, -0.05) is 0 Å². The first-order valence-electron chi connectivity index (χ1n) is 7.26. The van der Waals surface area contributed by atoms with Crippen LogP contribution in [0.3, 0.4) is 0 Å². The van der Waals surface area contributed by atoms with E-state index in [0.717, 1.165) is 24.2 Å². The van der Waals surface area contributed by atoms with Gasteiger partial charge in [-0.3, -0.25) is 4.55 Å². The predicted octanol–water partition coefficient (Wildman–Crippen LogP) is 2.76. The molecule has 4 nitrogen and oxygen atoms in total. The van der Waals surface area contributed by atoms with Gasteiger partial charge in [0, 0.05) is 0 Å². The molecule has 4 rings (SSSR count). The zero-order valence-corrected chi connectivity index (χ0v) is 11.9. The molecule has 0 aromatic rings. The summed E-state index contributed by atoms with van der Waals surface area (Å²) in [6, 6.07) is 1.74. The van der Waals surface area contributed by atoms with Crippen LogP contribution in [-0.4, -0.2) is 18.2 Å². The lowest BCUT2D eigenvalue weighted by atomic mass is 9.48. The Bertz CT molecular complexity index is 470. The minimum atomic E-state index is -4.21. The van der Waals surface area contributed by atoms with Gasteiger partial charge in [-0.15, -0.1) is 0 Å². The Balaban J connectivity index is 1.69. The van der Waals surface area contributed by atoms with Gasteiger partial charge in [-0.05, 0) is 74.5 Å². The third-order valence-electron chi connectivity index (χ3n) is 5.61. The Morgan fingerprint density at radius 1 is 1.16 bits per heavy atom. The minimum absolute atomic E-state index is 0.272. The van der Waals surface area contributed by atoms with Gasteiger partial charge >= 0.3 is 0 Å². The molecule has 1 unspecified atom stereocenters. The van der Waals surface area contributed by atoms with E-state index in [1.54, 1.807) is 6.07 Å².